The average Bonchev–Trinajstić information content (AvgIpc) is 3.53. The smallest absolute Gasteiger partial charge is 0.417 e. The lowest BCUT2D eigenvalue weighted by atomic mass is 9.49. The Labute approximate surface area is 326 Å². The summed E-state index contributed by atoms with van der Waals surface area (Å²) in [5.74, 6) is -9.21. The number of aromatic nitrogens is 1. The maximum atomic E-state index is 15.4. The van der Waals surface area contributed by atoms with Crippen molar-refractivity contribution in [2.24, 2.45) is 23.7 Å². The minimum atomic E-state index is -4.77. The molecule has 4 aromatic rings. The van der Waals surface area contributed by atoms with Crippen molar-refractivity contribution in [3.63, 3.8) is 0 Å². The van der Waals surface area contributed by atoms with Crippen LogP contribution >= 0.6 is 23.2 Å². The predicted molar refractivity (Wildman–Crippen MR) is 196 cm³/mol. The lowest BCUT2D eigenvalue weighted by molar-refractivity contribution is -0.142. The molecule has 3 N–H and O–H groups in total. The van der Waals surface area contributed by atoms with E-state index in [9.17, 15) is 42.6 Å². The van der Waals surface area contributed by atoms with Crippen LogP contribution in [0.25, 0.3) is 10.8 Å². The number of anilines is 1. The molecule has 1 saturated carbocycles. The molecule has 8 rings (SSSR count). The fraction of sp³-hybridized carbons (Fsp3) is 0.300. The van der Waals surface area contributed by atoms with Crippen molar-refractivity contribution in [3.05, 3.63) is 111 Å². The van der Waals surface area contributed by atoms with Crippen molar-refractivity contribution in [1.82, 2.24) is 14.9 Å². The van der Waals surface area contributed by atoms with Crippen LogP contribution in [0.1, 0.15) is 48.3 Å². The number of nitrogens with one attached hydrogen (secondary N) is 1. The third kappa shape index (κ3) is 5.71. The molecule has 3 aromatic carbocycles. The molecule has 0 radical (unpaired) electrons. The zero-order chi connectivity index (χ0) is 39.8. The molecule has 0 bridgehead atoms. The Hall–Kier alpha value is -5.47. The number of hydrogen-bond donors (Lipinski definition) is 3. The number of nitrogens with zero attached hydrogens (tertiary/aromatic N) is 3. The van der Waals surface area contributed by atoms with Gasteiger partial charge in [0.05, 0.1) is 33.8 Å². The second kappa shape index (κ2) is 13.6. The van der Waals surface area contributed by atoms with E-state index in [1.165, 1.54) is 0 Å². The number of alkyl halides is 3. The van der Waals surface area contributed by atoms with Gasteiger partial charge < -0.3 is 10.2 Å². The summed E-state index contributed by atoms with van der Waals surface area (Å²) in [5, 5.41) is 22.9. The van der Waals surface area contributed by atoms with Gasteiger partial charge in [0.15, 0.2) is 5.82 Å². The van der Waals surface area contributed by atoms with E-state index in [4.69, 9.17) is 23.2 Å². The van der Waals surface area contributed by atoms with E-state index >= 15 is 4.79 Å². The van der Waals surface area contributed by atoms with Crippen molar-refractivity contribution in [3.8, 4) is 5.75 Å². The number of benzene rings is 3. The third-order valence-electron chi connectivity index (χ3n) is 11.7. The third-order valence-corrected chi connectivity index (χ3v) is 12.2. The van der Waals surface area contributed by atoms with Gasteiger partial charge in [0, 0.05) is 41.1 Å². The standard InChI is InChI=1S/C40H31Cl2F3N4O7/c41-22-10-8-20(9-11-22)39-28(36(54)49(38(39)56)47-34-29(42)16-21(18-46-34)40(43,44)45)17-27-24(32(39)26-12-7-19-4-1-2-5-23(19)33(26)52)13-14-25-31(27)37(55)48(35(25)53)15-3-6-30(50)51/h1-2,4-5,7-13,16,18,25,27-28,31-32,52H,3,6,14-15,17H2,(H,46,47)(H,50,51). The van der Waals surface area contributed by atoms with Gasteiger partial charge in [-0.15, -0.1) is 0 Å². The summed E-state index contributed by atoms with van der Waals surface area (Å²) in [6, 6.07) is 17.4. The lowest BCUT2D eigenvalue weighted by Crippen LogP contribution is -2.53. The van der Waals surface area contributed by atoms with E-state index < -0.39 is 87.2 Å². The van der Waals surface area contributed by atoms with E-state index in [0.717, 1.165) is 4.90 Å². The Morgan fingerprint density at radius 1 is 0.964 bits per heavy atom. The second-order valence-corrected chi connectivity index (χ2v) is 15.3. The first-order valence-electron chi connectivity index (χ1n) is 17.8. The fourth-order valence-electron chi connectivity index (χ4n) is 9.31. The predicted octanol–water partition coefficient (Wildman–Crippen LogP) is 7.12. The minimum Gasteiger partial charge on any atom is -0.507 e. The van der Waals surface area contributed by atoms with Crippen LogP contribution in [-0.2, 0) is 35.6 Å². The number of fused-ring (bicyclic) bond motifs is 5. The van der Waals surface area contributed by atoms with Crippen molar-refractivity contribution < 1.29 is 47.4 Å². The number of aromatic hydroxyl groups is 1. The van der Waals surface area contributed by atoms with Crippen molar-refractivity contribution in [2.75, 3.05) is 12.0 Å². The van der Waals surface area contributed by atoms with Crippen LogP contribution in [-0.4, -0.2) is 61.2 Å². The van der Waals surface area contributed by atoms with Crippen molar-refractivity contribution in [1.29, 1.82) is 0 Å². The summed E-state index contributed by atoms with van der Waals surface area (Å²) in [6.45, 7) is -0.109. The number of phenolic OH excluding ortho intramolecular Hbond substituents is 1. The lowest BCUT2D eigenvalue weighted by Gasteiger charge is -2.50. The zero-order valence-corrected chi connectivity index (χ0v) is 30.6. The number of carbonyl (C=O) groups is 5. The Morgan fingerprint density at radius 2 is 1.70 bits per heavy atom. The number of hydrogen-bond acceptors (Lipinski definition) is 8. The Kier molecular flexibility index (Phi) is 9.11. The van der Waals surface area contributed by atoms with Crippen LogP contribution in [0.5, 0.6) is 5.75 Å². The molecule has 6 atom stereocenters. The van der Waals surface area contributed by atoms with E-state index in [2.05, 4.69) is 10.4 Å². The number of hydrazine groups is 1. The summed E-state index contributed by atoms with van der Waals surface area (Å²) in [4.78, 5) is 74.3. The molecular weight excluding hydrogens is 776 g/mol. The first-order chi connectivity index (χ1) is 26.6. The fourth-order valence-corrected chi connectivity index (χ4v) is 9.64. The van der Waals surface area contributed by atoms with Gasteiger partial charge in [-0.2, -0.15) is 18.2 Å². The molecule has 4 aliphatic rings. The second-order valence-electron chi connectivity index (χ2n) is 14.5. The number of likely N-dealkylation sites (tertiary alicyclic amines) is 1. The number of carboxylic acids is 1. The van der Waals surface area contributed by atoms with Gasteiger partial charge >= 0.3 is 12.1 Å². The zero-order valence-electron chi connectivity index (χ0n) is 29.1. The van der Waals surface area contributed by atoms with Gasteiger partial charge in [0.2, 0.25) is 11.8 Å². The highest BCUT2D eigenvalue weighted by molar-refractivity contribution is 6.33. The van der Waals surface area contributed by atoms with Gasteiger partial charge in [-0.1, -0.05) is 83.4 Å². The van der Waals surface area contributed by atoms with Crippen LogP contribution in [0.2, 0.25) is 10.0 Å². The number of allylic oxidation sites excluding steroid dienone is 2. The molecule has 2 aliphatic carbocycles. The molecule has 11 nitrogen and oxygen atoms in total. The van der Waals surface area contributed by atoms with E-state index in [1.54, 1.807) is 66.7 Å². The number of rotatable bonds is 8. The molecule has 16 heteroatoms. The van der Waals surface area contributed by atoms with Gasteiger partial charge in [-0.3, -0.25) is 34.3 Å². The molecule has 2 saturated heterocycles. The van der Waals surface area contributed by atoms with Crippen LogP contribution in [0.4, 0.5) is 19.0 Å². The SMILES string of the molecule is O=C(O)CCCN1C(=O)C2CC=C3C(CC4C(=O)N(Nc5ncc(C(F)(F)F)cc5Cl)C(=O)C4(c4ccc(Cl)cc4)C3c3ccc4ccccc4c3O)C2C1=O. The largest absolute Gasteiger partial charge is 0.507 e. The molecule has 288 valence electrons. The topological polar surface area (TPSA) is 157 Å². The number of halogens is 5. The molecule has 2 aliphatic heterocycles. The molecule has 3 fully saturated rings. The molecule has 6 unspecified atom stereocenters. The highest BCUT2D eigenvalue weighted by Crippen LogP contribution is 2.65. The molecule has 1 aromatic heterocycles. The number of pyridine rings is 1. The van der Waals surface area contributed by atoms with Gasteiger partial charge in [0.1, 0.15) is 5.75 Å². The van der Waals surface area contributed by atoms with Gasteiger partial charge in [0.25, 0.3) is 11.8 Å². The maximum Gasteiger partial charge on any atom is 0.417 e. The number of carboxylic acid groups (broad SMARTS) is 1. The van der Waals surface area contributed by atoms with Crippen molar-refractivity contribution in [2.45, 2.75) is 43.2 Å². The first kappa shape index (κ1) is 37.5. The Bertz CT molecular complexity index is 2390. The van der Waals surface area contributed by atoms with Crippen LogP contribution in [0.3, 0.4) is 0 Å². The summed E-state index contributed by atoms with van der Waals surface area (Å²) in [5.41, 5.74) is 0.749. The normalized spacial score (nSPS) is 25.9. The molecule has 4 amide bonds. The summed E-state index contributed by atoms with van der Waals surface area (Å²) < 4.78 is 40.5. The van der Waals surface area contributed by atoms with E-state index in [-0.39, 0.29) is 43.5 Å². The van der Waals surface area contributed by atoms with Crippen LogP contribution in [0, 0.1) is 23.7 Å². The van der Waals surface area contributed by atoms with E-state index in [0.29, 0.717) is 44.2 Å². The summed E-state index contributed by atoms with van der Waals surface area (Å²) >= 11 is 12.6. The highest BCUT2D eigenvalue weighted by atomic mass is 35.5. The Balaban J connectivity index is 1.32. The molecule has 56 heavy (non-hydrogen) atoms. The number of amides is 4. The highest BCUT2D eigenvalue weighted by Gasteiger charge is 2.70. The number of phenols is 1. The summed E-state index contributed by atoms with van der Waals surface area (Å²) in [6.07, 6.45) is -2.69. The van der Waals surface area contributed by atoms with Crippen LogP contribution < -0.4 is 5.43 Å². The van der Waals surface area contributed by atoms with E-state index in [1.807, 2.05) is 0 Å². The number of carbonyl (C=O) groups excluding carboxylic acids is 4. The van der Waals surface area contributed by atoms with Crippen molar-refractivity contribution >= 4 is 69.4 Å². The molecule has 0 spiro atoms. The number of aliphatic carboxylic acids is 1. The summed E-state index contributed by atoms with van der Waals surface area (Å²) in [7, 11) is 0. The first-order valence-corrected chi connectivity index (χ1v) is 18.5. The maximum absolute atomic E-state index is 15.4. The molecular formula is C40H31Cl2F3N4O7. The van der Waals surface area contributed by atoms with Crippen LogP contribution in [0.15, 0.2) is 84.6 Å². The Morgan fingerprint density at radius 3 is 2.39 bits per heavy atom. The monoisotopic (exact) mass is 806 g/mol. The van der Waals surface area contributed by atoms with Gasteiger partial charge in [-0.05, 0) is 54.3 Å². The number of imide groups is 2. The quantitative estimate of drug-likeness (QED) is 0.125. The van der Waals surface area contributed by atoms with Gasteiger partial charge in [-0.25, -0.2) is 4.98 Å². The average molecular weight is 808 g/mol. The minimum absolute atomic E-state index is 0.0429. The molecule has 3 heterocycles.